The molecule has 0 fully saturated rings. The number of fused-ring (bicyclic) bond motifs is 1. The lowest BCUT2D eigenvalue weighted by Crippen LogP contribution is -2.00. The molecular formula is C13H14N2O. The third kappa shape index (κ3) is 2.07. The van der Waals surface area contributed by atoms with Gasteiger partial charge in [-0.25, -0.2) is 0 Å². The molecule has 2 rings (SSSR count). The fourth-order valence-electron chi connectivity index (χ4n) is 1.82. The number of nitriles is 1. The molecule has 1 heterocycles. The van der Waals surface area contributed by atoms with Crippen molar-refractivity contribution in [3.8, 4) is 6.07 Å². The fraction of sp³-hybridized carbons (Fsp3) is 0.308. The van der Waals surface area contributed by atoms with Crippen molar-refractivity contribution in [2.75, 3.05) is 0 Å². The molecule has 0 aliphatic rings. The molecular weight excluding hydrogens is 200 g/mol. The summed E-state index contributed by atoms with van der Waals surface area (Å²) in [7, 11) is 0. The molecule has 2 N–H and O–H groups in total. The maximum Gasteiger partial charge on any atom is 0.0991 e. The molecule has 3 heteroatoms. The summed E-state index contributed by atoms with van der Waals surface area (Å²) < 4.78 is 0. The van der Waals surface area contributed by atoms with Gasteiger partial charge in [0.1, 0.15) is 0 Å². The molecule has 0 aliphatic heterocycles. The van der Waals surface area contributed by atoms with Crippen molar-refractivity contribution in [2.24, 2.45) is 0 Å². The number of aliphatic hydroxyl groups excluding tert-OH is 1. The number of aromatic amines is 1. The van der Waals surface area contributed by atoms with Gasteiger partial charge in [-0.15, -0.1) is 0 Å². The highest BCUT2D eigenvalue weighted by Gasteiger charge is 2.05. The van der Waals surface area contributed by atoms with Crippen LogP contribution in [0.25, 0.3) is 10.9 Å². The first kappa shape index (κ1) is 10.7. The van der Waals surface area contributed by atoms with Gasteiger partial charge in [0.05, 0.1) is 17.7 Å². The second kappa shape index (κ2) is 4.38. The smallest absolute Gasteiger partial charge is 0.0991 e. The number of H-pyrrole nitrogens is 1. The Balaban J connectivity index is 2.35. The molecule has 0 bridgehead atoms. The maximum atomic E-state index is 9.26. The number of aryl methyl sites for hydroxylation is 1. The summed E-state index contributed by atoms with van der Waals surface area (Å²) in [5.74, 6) is 0. The van der Waals surface area contributed by atoms with Crippen LogP contribution in [0.2, 0.25) is 0 Å². The first-order chi connectivity index (χ1) is 7.70. The third-order valence-electron chi connectivity index (χ3n) is 2.73. The van der Waals surface area contributed by atoms with E-state index >= 15 is 0 Å². The van der Waals surface area contributed by atoms with Crippen molar-refractivity contribution in [3.63, 3.8) is 0 Å². The molecule has 16 heavy (non-hydrogen) atoms. The second-order valence-electron chi connectivity index (χ2n) is 4.07. The van der Waals surface area contributed by atoms with Crippen LogP contribution in [0.3, 0.4) is 0 Å². The van der Waals surface area contributed by atoms with E-state index in [1.54, 1.807) is 13.0 Å². The van der Waals surface area contributed by atoms with Gasteiger partial charge in [0.25, 0.3) is 0 Å². The highest BCUT2D eigenvalue weighted by molar-refractivity contribution is 5.84. The highest BCUT2D eigenvalue weighted by atomic mass is 16.3. The van der Waals surface area contributed by atoms with Crippen LogP contribution in [0, 0.1) is 11.3 Å². The molecule has 0 spiro atoms. The van der Waals surface area contributed by atoms with Crippen molar-refractivity contribution in [1.29, 1.82) is 5.26 Å². The minimum Gasteiger partial charge on any atom is -0.393 e. The summed E-state index contributed by atoms with van der Waals surface area (Å²) in [6.07, 6.45) is 3.23. The minimum atomic E-state index is -0.288. The Morgan fingerprint density at radius 2 is 2.31 bits per heavy atom. The van der Waals surface area contributed by atoms with E-state index in [2.05, 4.69) is 11.1 Å². The van der Waals surface area contributed by atoms with E-state index in [9.17, 15) is 5.11 Å². The zero-order chi connectivity index (χ0) is 11.5. The summed E-state index contributed by atoms with van der Waals surface area (Å²) in [5, 5.41) is 19.2. The Kier molecular flexibility index (Phi) is 2.93. The molecule has 1 unspecified atom stereocenters. The van der Waals surface area contributed by atoms with Gasteiger partial charge >= 0.3 is 0 Å². The monoisotopic (exact) mass is 214 g/mol. The van der Waals surface area contributed by atoms with Crippen molar-refractivity contribution in [1.82, 2.24) is 4.98 Å². The van der Waals surface area contributed by atoms with Gasteiger partial charge in [-0.3, -0.25) is 0 Å². The van der Waals surface area contributed by atoms with Crippen LogP contribution < -0.4 is 0 Å². The molecule has 0 amide bonds. The summed E-state index contributed by atoms with van der Waals surface area (Å²) >= 11 is 0. The van der Waals surface area contributed by atoms with Crippen LogP contribution >= 0.6 is 0 Å². The van der Waals surface area contributed by atoms with E-state index in [0.717, 1.165) is 29.3 Å². The Labute approximate surface area is 94.3 Å². The number of benzene rings is 1. The van der Waals surface area contributed by atoms with Gasteiger partial charge in [0, 0.05) is 17.1 Å². The number of aromatic nitrogens is 1. The topological polar surface area (TPSA) is 59.8 Å². The van der Waals surface area contributed by atoms with Gasteiger partial charge in [0.15, 0.2) is 0 Å². The van der Waals surface area contributed by atoms with E-state index in [-0.39, 0.29) is 6.10 Å². The number of aliphatic hydroxyl groups is 1. The summed E-state index contributed by atoms with van der Waals surface area (Å²) in [4.78, 5) is 3.17. The normalized spacial score (nSPS) is 12.6. The van der Waals surface area contributed by atoms with Crippen molar-refractivity contribution < 1.29 is 5.11 Å². The Bertz CT molecular complexity index is 534. The van der Waals surface area contributed by atoms with Crippen LogP contribution in [0.5, 0.6) is 0 Å². The molecule has 1 aromatic heterocycles. The van der Waals surface area contributed by atoms with Gasteiger partial charge in [-0.05, 0) is 43.5 Å². The summed E-state index contributed by atoms with van der Waals surface area (Å²) in [5.41, 5.74) is 2.87. The van der Waals surface area contributed by atoms with Crippen LogP contribution in [0.4, 0.5) is 0 Å². The average Bonchev–Trinajstić information content (AvgIpc) is 2.68. The predicted molar refractivity (Wildman–Crippen MR) is 63.0 cm³/mol. The van der Waals surface area contributed by atoms with E-state index < -0.39 is 0 Å². The lowest BCUT2D eigenvalue weighted by molar-refractivity contribution is 0.185. The predicted octanol–water partition coefficient (Wildman–Crippen LogP) is 2.35. The standard InChI is InChI=1S/C13H14N2O/c1-9(16)2-4-11-8-15-13-5-3-10(7-14)6-12(11)13/h3,5-6,8-9,15-16H,2,4H2,1H3. The molecule has 2 aromatic rings. The number of hydrogen-bond acceptors (Lipinski definition) is 2. The molecule has 0 saturated carbocycles. The lowest BCUT2D eigenvalue weighted by Gasteiger charge is -2.02. The maximum absolute atomic E-state index is 9.26. The van der Waals surface area contributed by atoms with Crippen molar-refractivity contribution in [3.05, 3.63) is 35.5 Å². The lowest BCUT2D eigenvalue weighted by atomic mass is 10.0. The zero-order valence-electron chi connectivity index (χ0n) is 9.20. The van der Waals surface area contributed by atoms with Crippen LogP contribution in [-0.2, 0) is 6.42 Å². The summed E-state index contributed by atoms with van der Waals surface area (Å²) in [6, 6.07) is 7.75. The second-order valence-corrected chi connectivity index (χ2v) is 4.07. The zero-order valence-corrected chi connectivity index (χ0v) is 9.20. The molecule has 1 atom stereocenters. The number of nitrogens with one attached hydrogen (secondary N) is 1. The molecule has 1 aromatic carbocycles. The molecule has 3 nitrogen and oxygen atoms in total. The van der Waals surface area contributed by atoms with Crippen molar-refractivity contribution >= 4 is 10.9 Å². The summed E-state index contributed by atoms with van der Waals surface area (Å²) in [6.45, 7) is 1.79. The first-order valence-electron chi connectivity index (χ1n) is 5.39. The van der Waals surface area contributed by atoms with Gasteiger partial charge in [-0.2, -0.15) is 5.26 Å². The molecule has 82 valence electrons. The van der Waals surface area contributed by atoms with Crippen LogP contribution in [-0.4, -0.2) is 16.2 Å². The SMILES string of the molecule is CC(O)CCc1c[nH]c2ccc(C#N)cc12. The fourth-order valence-corrected chi connectivity index (χ4v) is 1.82. The largest absolute Gasteiger partial charge is 0.393 e. The van der Waals surface area contributed by atoms with E-state index in [1.807, 2.05) is 18.3 Å². The van der Waals surface area contributed by atoms with E-state index in [0.29, 0.717) is 5.56 Å². The highest BCUT2D eigenvalue weighted by Crippen LogP contribution is 2.21. The number of rotatable bonds is 3. The number of nitrogens with zero attached hydrogens (tertiary/aromatic N) is 1. The molecule has 0 aliphatic carbocycles. The Hall–Kier alpha value is -1.79. The van der Waals surface area contributed by atoms with E-state index in [1.165, 1.54) is 0 Å². The molecule has 0 saturated heterocycles. The minimum absolute atomic E-state index is 0.288. The molecule has 0 radical (unpaired) electrons. The van der Waals surface area contributed by atoms with E-state index in [4.69, 9.17) is 5.26 Å². The van der Waals surface area contributed by atoms with Gasteiger partial charge in [-0.1, -0.05) is 0 Å². The quantitative estimate of drug-likeness (QED) is 0.823. The Morgan fingerprint density at radius 1 is 1.50 bits per heavy atom. The van der Waals surface area contributed by atoms with Crippen molar-refractivity contribution in [2.45, 2.75) is 25.9 Å². The van der Waals surface area contributed by atoms with Crippen LogP contribution in [0.1, 0.15) is 24.5 Å². The van der Waals surface area contributed by atoms with Gasteiger partial charge < -0.3 is 10.1 Å². The first-order valence-corrected chi connectivity index (χ1v) is 5.39. The number of hydrogen-bond donors (Lipinski definition) is 2. The third-order valence-corrected chi connectivity index (χ3v) is 2.73. The van der Waals surface area contributed by atoms with Gasteiger partial charge in [0.2, 0.25) is 0 Å². The average molecular weight is 214 g/mol. The Morgan fingerprint density at radius 3 is 3.00 bits per heavy atom. The van der Waals surface area contributed by atoms with Crippen LogP contribution in [0.15, 0.2) is 24.4 Å².